The first-order valence-electron chi connectivity index (χ1n) is 8.57. The Balaban J connectivity index is 1.92. The highest BCUT2D eigenvalue weighted by Crippen LogP contribution is 2.18. The number of hydrogen-bond acceptors (Lipinski definition) is 4. The molecule has 1 aromatic carbocycles. The van der Waals surface area contributed by atoms with Crippen LogP contribution < -0.4 is 11.0 Å². The number of aryl methyl sites for hydroxylation is 2. The largest absolute Gasteiger partial charge is 0.349 e. The van der Waals surface area contributed by atoms with Crippen molar-refractivity contribution in [2.45, 2.75) is 58.3 Å². The second kappa shape index (κ2) is 8.89. The van der Waals surface area contributed by atoms with E-state index in [1.54, 1.807) is 4.57 Å². The number of carbonyl (C=O) groups excluding carboxylic acids is 1. The maximum atomic E-state index is 12.2. The number of carbonyl (C=O) groups is 1. The van der Waals surface area contributed by atoms with Gasteiger partial charge in [0.1, 0.15) is 0 Å². The molecule has 0 aliphatic heterocycles. The van der Waals surface area contributed by atoms with Gasteiger partial charge in [0, 0.05) is 6.54 Å². The molecule has 0 aliphatic carbocycles. The minimum atomic E-state index is -0.222. The Hall–Kier alpha value is -2.02. The van der Waals surface area contributed by atoms with Gasteiger partial charge < -0.3 is 5.32 Å². The first-order valence-corrected chi connectivity index (χ1v) is 9.55. The molecule has 0 bridgehead atoms. The summed E-state index contributed by atoms with van der Waals surface area (Å²) in [6, 6.07) is 6.15. The molecule has 1 heterocycles. The fourth-order valence-corrected chi connectivity index (χ4v) is 3.24. The van der Waals surface area contributed by atoms with Crippen LogP contribution in [-0.4, -0.2) is 26.4 Å². The molecule has 1 amide bonds. The summed E-state index contributed by atoms with van der Waals surface area (Å²) in [6.07, 6.45) is 1.90. The molecule has 0 spiro atoms. The van der Waals surface area contributed by atoms with Crippen LogP contribution in [0, 0.1) is 13.8 Å². The summed E-state index contributed by atoms with van der Waals surface area (Å²) in [5.41, 5.74) is 3.31. The summed E-state index contributed by atoms with van der Waals surface area (Å²) >= 11 is 1.28. The molecule has 0 aliphatic rings. The number of aromatic amines is 1. The second-order valence-corrected chi connectivity index (χ2v) is 7.18. The van der Waals surface area contributed by atoms with Crippen LogP contribution in [-0.2, 0) is 11.3 Å². The topological polar surface area (TPSA) is 79.8 Å². The van der Waals surface area contributed by atoms with Gasteiger partial charge >= 0.3 is 5.69 Å². The maximum Gasteiger partial charge on any atom is 0.343 e. The van der Waals surface area contributed by atoms with E-state index in [2.05, 4.69) is 48.4 Å². The van der Waals surface area contributed by atoms with Gasteiger partial charge in [-0.1, -0.05) is 43.3 Å². The number of nitrogens with one attached hydrogen (secondary N) is 2. The van der Waals surface area contributed by atoms with E-state index in [1.807, 2.05) is 13.0 Å². The Kier molecular flexibility index (Phi) is 6.87. The van der Waals surface area contributed by atoms with E-state index in [9.17, 15) is 9.59 Å². The van der Waals surface area contributed by atoms with Gasteiger partial charge in [0.25, 0.3) is 0 Å². The summed E-state index contributed by atoms with van der Waals surface area (Å²) in [5.74, 6) is 0.152. The van der Waals surface area contributed by atoms with Crippen LogP contribution in [0.2, 0.25) is 0 Å². The number of thioether (sulfide) groups is 1. The molecule has 6 nitrogen and oxygen atoms in total. The maximum absolute atomic E-state index is 12.2. The summed E-state index contributed by atoms with van der Waals surface area (Å²) < 4.78 is 1.59. The molecule has 0 unspecified atom stereocenters. The molecule has 0 saturated heterocycles. The quantitative estimate of drug-likeness (QED) is 0.708. The molecule has 0 radical (unpaired) electrons. The van der Waals surface area contributed by atoms with E-state index in [0.717, 1.165) is 18.4 Å². The van der Waals surface area contributed by atoms with Crippen molar-refractivity contribution in [3.05, 3.63) is 45.4 Å². The third-order valence-corrected chi connectivity index (χ3v) is 5.18. The van der Waals surface area contributed by atoms with Gasteiger partial charge in [-0.15, -0.1) is 5.10 Å². The van der Waals surface area contributed by atoms with E-state index >= 15 is 0 Å². The van der Waals surface area contributed by atoms with Gasteiger partial charge in [-0.25, -0.2) is 9.89 Å². The summed E-state index contributed by atoms with van der Waals surface area (Å²) in [4.78, 5) is 24.0. The lowest BCUT2D eigenvalue weighted by molar-refractivity contribution is -0.119. The second-order valence-electron chi connectivity index (χ2n) is 6.24. The zero-order chi connectivity index (χ0) is 18.4. The van der Waals surface area contributed by atoms with Crippen LogP contribution in [0.15, 0.2) is 28.2 Å². The SMILES string of the molecule is CCCCn1c(SCC(=O)N[C@H](C)c2ccc(C)c(C)c2)n[nH]c1=O. The highest BCUT2D eigenvalue weighted by molar-refractivity contribution is 7.99. The predicted octanol–water partition coefficient (Wildman–Crippen LogP) is 2.96. The molecular weight excluding hydrogens is 336 g/mol. The Morgan fingerprint density at radius 2 is 2.12 bits per heavy atom. The number of aromatic nitrogens is 3. The monoisotopic (exact) mass is 362 g/mol. The van der Waals surface area contributed by atoms with E-state index in [4.69, 9.17) is 0 Å². The zero-order valence-electron chi connectivity index (χ0n) is 15.3. The van der Waals surface area contributed by atoms with Crippen molar-refractivity contribution < 1.29 is 4.79 Å². The Morgan fingerprint density at radius 1 is 1.36 bits per heavy atom. The molecule has 2 rings (SSSR count). The molecule has 0 fully saturated rings. The smallest absolute Gasteiger partial charge is 0.343 e. The summed E-state index contributed by atoms with van der Waals surface area (Å²) in [6.45, 7) is 8.80. The lowest BCUT2D eigenvalue weighted by Gasteiger charge is -2.15. The van der Waals surface area contributed by atoms with Crippen LogP contribution in [0.5, 0.6) is 0 Å². The minimum absolute atomic E-state index is 0.0612. The van der Waals surface area contributed by atoms with Crippen LogP contribution in [0.25, 0.3) is 0 Å². The van der Waals surface area contributed by atoms with Crippen LogP contribution in [0.1, 0.15) is 49.4 Å². The average Bonchev–Trinajstić information content (AvgIpc) is 2.93. The first kappa shape index (κ1) is 19.3. The molecule has 2 aromatic rings. The fourth-order valence-electron chi connectivity index (χ4n) is 2.46. The van der Waals surface area contributed by atoms with Gasteiger partial charge in [-0.3, -0.25) is 9.36 Å². The molecule has 136 valence electrons. The van der Waals surface area contributed by atoms with Gasteiger partial charge in [0.05, 0.1) is 11.8 Å². The van der Waals surface area contributed by atoms with Crippen LogP contribution in [0.4, 0.5) is 0 Å². The van der Waals surface area contributed by atoms with Gasteiger partial charge in [0.15, 0.2) is 5.16 Å². The van der Waals surface area contributed by atoms with Crippen LogP contribution in [0.3, 0.4) is 0 Å². The van der Waals surface area contributed by atoms with Gasteiger partial charge in [0.2, 0.25) is 5.91 Å². The highest BCUT2D eigenvalue weighted by Gasteiger charge is 2.14. The standard InChI is InChI=1S/C18H26N4O2S/c1-5-6-9-22-17(24)20-21-18(22)25-11-16(23)19-14(4)15-8-7-12(2)13(3)10-15/h7-8,10,14H,5-6,9,11H2,1-4H3,(H,19,23)(H,20,24)/t14-/m1/s1. The normalized spacial score (nSPS) is 12.2. The minimum Gasteiger partial charge on any atom is -0.349 e. The third-order valence-electron chi connectivity index (χ3n) is 4.20. The van der Waals surface area contributed by atoms with Crippen molar-refractivity contribution in [3.63, 3.8) is 0 Å². The predicted molar refractivity (Wildman–Crippen MR) is 101 cm³/mol. The Labute approximate surface area is 152 Å². The average molecular weight is 362 g/mol. The van der Waals surface area contributed by atoms with Crippen molar-refractivity contribution in [2.24, 2.45) is 0 Å². The third kappa shape index (κ3) is 5.22. The summed E-state index contributed by atoms with van der Waals surface area (Å²) in [7, 11) is 0. The van der Waals surface area contributed by atoms with Crippen molar-refractivity contribution in [1.29, 1.82) is 0 Å². The van der Waals surface area contributed by atoms with Crippen molar-refractivity contribution in [2.75, 3.05) is 5.75 Å². The molecular formula is C18H26N4O2S. The van der Waals surface area contributed by atoms with Crippen LogP contribution >= 0.6 is 11.8 Å². The number of rotatable bonds is 8. The van der Waals surface area contributed by atoms with E-state index in [-0.39, 0.29) is 23.4 Å². The first-order chi connectivity index (χ1) is 11.9. The summed E-state index contributed by atoms with van der Waals surface area (Å²) in [5, 5.41) is 10.0. The number of benzene rings is 1. The van der Waals surface area contributed by atoms with Gasteiger partial charge in [-0.05, 0) is 43.9 Å². The lowest BCUT2D eigenvalue weighted by Crippen LogP contribution is -2.28. The van der Waals surface area contributed by atoms with E-state index in [1.165, 1.54) is 22.9 Å². The number of unbranched alkanes of at least 4 members (excludes halogenated alkanes) is 1. The van der Waals surface area contributed by atoms with Crippen molar-refractivity contribution >= 4 is 17.7 Å². The van der Waals surface area contributed by atoms with E-state index in [0.29, 0.717) is 11.7 Å². The molecule has 2 N–H and O–H groups in total. The fraction of sp³-hybridized carbons (Fsp3) is 0.500. The highest BCUT2D eigenvalue weighted by atomic mass is 32.2. The lowest BCUT2D eigenvalue weighted by atomic mass is 10.0. The zero-order valence-corrected chi connectivity index (χ0v) is 16.1. The number of amides is 1. The molecule has 0 saturated carbocycles. The van der Waals surface area contributed by atoms with Crippen molar-refractivity contribution in [3.8, 4) is 0 Å². The van der Waals surface area contributed by atoms with E-state index < -0.39 is 0 Å². The van der Waals surface area contributed by atoms with Gasteiger partial charge in [-0.2, -0.15) is 0 Å². The Morgan fingerprint density at radius 3 is 2.80 bits per heavy atom. The number of nitrogens with zero attached hydrogens (tertiary/aromatic N) is 2. The molecule has 1 atom stereocenters. The molecule has 7 heteroatoms. The number of H-pyrrole nitrogens is 1. The number of hydrogen-bond donors (Lipinski definition) is 2. The van der Waals surface area contributed by atoms with Crippen molar-refractivity contribution in [1.82, 2.24) is 20.1 Å². The molecule has 25 heavy (non-hydrogen) atoms. The Bertz CT molecular complexity index is 782. The molecule has 1 aromatic heterocycles.